The predicted molar refractivity (Wildman–Crippen MR) is 163 cm³/mol. The highest BCUT2D eigenvalue weighted by Crippen LogP contribution is 2.32. The van der Waals surface area contributed by atoms with Gasteiger partial charge in [0.15, 0.2) is 9.84 Å². The van der Waals surface area contributed by atoms with Crippen LogP contribution in [0, 0.1) is 26.2 Å². The molecule has 0 radical (unpaired) electrons. The molecular formula is C31H27N7O4S. The lowest BCUT2D eigenvalue weighted by Crippen LogP contribution is -2.19. The molecular weight excluding hydrogens is 566 g/mol. The molecule has 5 aromatic rings. The van der Waals surface area contributed by atoms with Gasteiger partial charge in [-0.25, -0.2) is 18.1 Å². The molecule has 12 heteroatoms. The highest BCUT2D eigenvalue weighted by atomic mass is 32.2. The lowest BCUT2D eigenvalue weighted by molar-refractivity contribution is -0.116. The number of terminal acetylenes is 1. The van der Waals surface area contributed by atoms with Gasteiger partial charge >= 0.3 is 0 Å². The second kappa shape index (κ2) is 12.1. The fourth-order valence-electron chi connectivity index (χ4n) is 4.24. The maximum Gasteiger partial charge on any atom is 0.246 e. The third kappa shape index (κ3) is 7.22. The molecule has 0 aliphatic heterocycles. The number of carbonyl (C=O) groups is 1. The van der Waals surface area contributed by atoms with Crippen LogP contribution in [0.1, 0.15) is 16.7 Å². The van der Waals surface area contributed by atoms with Crippen LogP contribution in [0.4, 0.5) is 17.3 Å². The zero-order valence-electron chi connectivity index (χ0n) is 23.6. The lowest BCUT2D eigenvalue weighted by atomic mass is 10.0. The topological polar surface area (TPSA) is 141 Å². The van der Waals surface area contributed by atoms with Gasteiger partial charge in [-0.3, -0.25) is 4.79 Å². The van der Waals surface area contributed by atoms with E-state index >= 15 is 0 Å². The van der Waals surface area contributed by atoms with Gasteiger partial charge in [0.2, 0.25) is 17.7 Å². The Labute approximate surface area is 248 Å². The Balaban J connectivity index is 1.24. The number of anilines is 3. The average molecular weight is 594 g/mol. The predicted octanol–water partition coefficient (Wildman–Crippen LogP) is 4.91. The summed E-state index contributed by atoms with van der Waals surface area (Å²) in [4.78, 5) is 21.4. The van der Waals surface area contributed by atoms with Gasteiger partial charge in [-0.05, 0) is 85.6 Å². The number of sulfone groups is 1. The minimum atomic E-state index is -3.32. The molecule has 0 unspecified atom stereocenters. The maximum absolute atomic E-state index is 12.5. The Kier molecular flexibility index (Phi) is 8.18. The molecule has 5 rings (SSSR count). The number of carbonyl (C=O) groups excluding carboxylic acids is 1. The van der Waals surface area contributed by atoms with Crippen LogP contribution < -0.4 is 15.4 Å². The van der Waals surface area contributed by atoms with E-state index in [0.29, 0.717) is 29.0 Å². The van der Waals surface area contributed by atoms with Crippen LogP contribution >= 0.6 is 0 Å². The quantitative estimate of drug-likeness (QED) is 0.228. The monoisotopic (exact) mass is 593 g/mol. The Hall–Kier alpha value is -5.54. The van der Waals surface area contributed by atoms with E-state index in [-0.39, 0.29) is 17.3 Å². The molecule has 216 valence electrons. The first-order valence-electron chi connectivity index (χ1n) is 13.0. The van der Waals surface area contributed by atoms with Crippen molar-refractivity contribution in [1.29, 1.82) is 0 Å². The Morgan fingerprint density at radius 1 is 1.00 bits per heavy atom. The van der Waals surface area contributed by atoms with Gasteiger partial charge in [-0.15, -0.1) is 11.5 Å². The standard InChI is InChI=1S/C31H27N7O4S/c1-5-22-6-8-25(9-7-22)34-31-32-15-14-29(35-31)42-30-20(2)16-23(17-21(30)3)27-18-38(37-36-27)19-28(39)33-24-10-12-26(13-11-24)43(4,40)41/h1,6-18H,19H2,2-4H3,(H,33,39)(H,32,34,35). The summed E-state index contributed by atoms with van der Waals surface area (Å²) in [7, 11) is -3.32. The molecule has 0 atom stereocenters. The van der Waals surface area contributed by atoms with Crippen molar-refractivity contribution in [2.45, 2.75) is 25.3 Å². The SMILES string of the molecule is C#Cc1ccc(Nc2nccc(Oc3c(C)cc(-c4cn(CC(=O)Nc5ccc(S(C)(=O)=O)cc5)nn4)cc3C)n2)cc1. The number of hydrogen-bond acceptors (Lipinski definition) is 9. The van der Waals surface area contributed by atoms with E-state index in [1.807, 2.05) is 50.2 Å². The van der Waals surface area contributed by atoms with Crippen LogP contribution in [0.5, 0.6) is 11.6 Å². The van der Waals surface area contributed by atoms with E-state index in [2.05, 4.69) is 36.8 Å². The number of aromatic nitrogens is 5. The van der Waals surface area contributed by atoms with E-state index in [0.717, 1.165) is 34.2 Å². The first-order valence-corrected chi connectivity index (χ1v) is 14.9. The van der Waals surface area contributed by atoms with Gasteiger partial charge in [-0.1, -0.05) is 11.1 Å². The van der Waals surface area contributed by atoms with Crippen LogP contribution in [0.2, 0.25) is 0 Å². The minimum Gasteiger partial charge on any atom is -0.438 e. The third-order valence-corrected chi connectivity index (χ3v) is 7.44. The number of benzene rings is 3. The van der Waals surface area contributed by atoms with E-state index < -0.39 is 9.84 Å². The summed E-state index contributed by atoms with van der Waals surface area (Å²) in [6.45, 7) is 3.77. The van der Waals surface area contributed by atoms with Gasteiger partial charge in [-0.2, -0.15) is 4.98 Å². The number of amides is 1. The number of aryl methyl sites for hydroxylation is 2. The van der Waals surface area contributed by atoms with Gasteiger partial charge in [0.05, 0.1) is 11.1 Å². The smallest absolute Gasteiger partial charge is 0.246 e. The Morgan fingerprint density at radius 2 is 1.67 bits per heavy atom. The van der Waals surface area contributed by atoms with Crippen LogP contribution in [0.3, 0.4) is 0 Å². The summed E-state index contributed by atoms with van der Waals surface area (Å²) in [5.41, 5.74) is 5.17. The van der Waals surface area contributed by atoms with Crippen molar-refractivity contribution in [2.75, 3.05) is 16.9 Å². The highest BCUT2D eigenvalue weighted by Gasteiger charge is 2.14. The fraction of sp³-hybridized carbons (Fsp3) is 0.129. The van der Waals surface area contributed by atoms with E-state index in [1.165, 1.54) is 28.9 Å². The summed E-state index contributed by atoms with van der Waals surface area (Å²) in [6, 6.07) is 18.8. The van der Waals surface area contributed by atoms with Crippen molar-refractivity contribution < 1.29 is 17.9 Å². The number of rotatable bonds is 9. The van der Waals surface area contributed by atoms with Crippen LogP contribution in [-0.4, -0.2) is 45.5 Å². The number of hydrogen-bond donors (Lipinski definition) is 2. The lowest BCUT2D eigenvalue weighted by Gasteiger charge is -2.13. The van der Waals surface area contributed by atoms with Gasteiger partial charge < -0.3 is 15.4 Å². The highest BCUT2D eigenvalue weighted by molar-refractivity contribution is 7.90. The molecule has 0 saturated heterocycles. The fourth-order valence-corrected chi connectivity index (χ4v) is 4.87. The normalized spacial score (nSPS) is 11.0. The number of nitrogens with zero attached hydrogens (tertiary/aromatic N) is 5. The summed E-state index contributed by atoms with van der Waals surface area (Å²) >= 11 is 0. The minimum absolute atomic E-state index is 0.0713. The molecule has 0 spiro atoms. The molecule has 0 aliphatic carbocycles. The van der Waals surface area contributed by atoms with Gasteiger partial charge in [0.25, 0.3) is 0 Å². The van der Waals surface area contributed by atoms with E-state index in [4.69, 9.17) is 11.2 Å². The largest absolute Gasteiger partial charge is 0.438 e. The van der Waals surface area contributed by atoms with Crippen molar-refractivity contribution in [2.24, 2.45) is 0 Å². The molecule has 0 saturated carbocycles. The van der Waals surface area contributed by atoms with Gasteiger partial charge in [0.1, 0.15) is 18.0 Å². The molecule has 2 aromatic heterocycles. The molecule has 2 heterocycles. The first-order chi connectivity index (χ1) is 20.6. The Morgan fingerprint density at radius 3 is 2.33 bits per heavy atom. The first kappa shape index (κ1) is 29.0. The molecule has 2 N–H and O–H groups in total. The molecule has 0 aliphatic rings. The second-order valence-corrected chi connectivity index (χ2v) is 11.8. The number of nitrogens with one attached hydrogen (secondary N) is 2. The summed E-state index contributed by atoms with van der Waals surface area (Å²) in [6.07, 6.45) is 9.84. The average Bonchev–Trinajstić information content (AvgIpc) is 3.43. The molecule has 3 aromatic carbocycles. The molecule has 11 nitrogen and oxygen atoms in total. The summed E-state index contributed by atoms with van der Waals surface area (Å²) in [5, 5.41) is 14.2. The van der Waals surface area contributed by atoms with E-state index in [9.17, 15) is 13.2 Å². The van der Waals surface area contributed by atoms with Gasteiger partial charge in [0, 0.05) is 41.0 Å². The summed E-state index contributed by atoms with van der Waals surface area (Å²) in [5.74, 6) is 3.66. The van der Waals surface area contributed by atoms with Crippen molar-refractivity contribution >= 4 is 33.1 Å². The maximum atomic E-state index is 12.5. The van der Waals surface area contributed by atoms with Crippen LogP contribution in [0.25, 0.3) is 11.3 Å². The third-order valence-electron chi connectivity index (χ3n) is 6.31. The molecule has 0 fully saturated rings. The summed E-state index contributed by atoms with van der Waals surface area (Å²) < 4.78 is 30.8. The van der Waals surface area contributed by atoms with Crippen LogP contribution in [-0.2, 0) is 21.2 Å². The Bertz CT molecular complexity index is 1920. The van der Waals surface area contributed by atoms with Crippen LogP contribution in [0.15, 0.2) is 84.0 Å². The zero-order valence-corrected chi connectivity index (χ0v) is 24.4. The molecule has 43 heavy (non-hydrogen) atoms. The van der Waals surface area contributed by atoms with Crippen molar-refractivity contribution in [3.8, 4) is 35.2 Å². The number of ether oxygens (including phenoxy) is 1. The molecule has 1 amide bonds. The van der Waals surface area contributed by atoms with Crippen molar-refractivity contribution in [1.82, 2.24) is 25.0 Å². The second-order valence-electron chi connectivity index (χ2n) is 9.75. The zero-order chi connectivity index (χ0) is 30.6. The van der Waals surface area contributed by atoms with E-state index in [1.54, 1.807) is 18.5 Å². The molecule has 0 bridgehead atoms. The van der Waals surface area contributed by atoms with Crippen molar-refractivity contribution in [3.63, 3.8) is 0 Å². The van der Waals surface area contributed by atoms with Crippen molar-refractivity contribution in [3.05, 3.63) is 95.8 Å².